The van der Waals surface area contributed by atoms with Crippen molar-refractivity contribution in [3.8, 4) is 5.75 Å². The van der Waals surface area contributed by atoms with Gasteiger partial charge in [-0.3, -0.25) is 4.79 Å². The molecule has 1 heterocycles. The van der Waals surface area contributed by atoms with Crippen molar-refractivity contribution in [3.63, 3.8) is 0 Å². The van der Waals surface area contributed by atoms with E-state index in [1.807, 2.05) is 6.07 Å². The number of hydrogen-bond donors (Lipinski definition) is 1. The number of nitrogens with one attached hydrogen (secondary N) is 1. The Balaban J connectivity index is 1.84. The molecule has 0 spiro atoms. The van der Waals surface area contributed by atoms with Crippen LogP contribution in [0.1, 0.15) is 23.2 Å². The van der Waals surface area contributed by atoms with Crippen LogP contribution in [0.4, 0.5) is 8.78 Å². The van der Waals surface area contributed by atoms with Crippen molar-refractivity contribution in [2.75, 3.05) is 13.1 Å². The Hall–Kier alpha value is -2.01. The van der Waals surface area contributed by atoms with Crippen LogP contribution < -0.4 is 10.1 Å². The molecule has 1 fully saturated rings. The summed E-state index contributed by atoms with van der Waals surface area (Å²) < 4.78 is 28.8. The van der Waals surface area contributed by atoms with Gasteiger partial charge in [-0.05, 0) is 48.4 Å². The lowest BCUT2D eigenvalue weighted by molar-refractivity contribution is -0.0497. The molecule has 5 heteroatoms. The lowest BCUT2D eigenvalue weighted by Crippen LogP contribution is -2.34. The van der Waals surface area contributed by atoms with E-state index in [4.69, 9.17) is 0 Å². The summed E-state index contributed by atoms with van der Waals surface area (Å²) in [7, 11) is 0. The van der Waals surface area contributed by atoms with Crippen molar-refractivity contribution in [2.24, 2.45) is 5.92 Å². The summed E-state index contributed by atoms with van der Waals surface area (Å²) in [5.74, 6) is 0.285. The molecule has 3 rings (SSSR count). The minimum absolute atomic E-state index is 0.0210. The van der Waals surface area contributed by atoms with E-state index < -0.39 is 6.61 Å². The number of halogens is 2. The zero-order valence-electron chi connectivity index (χ0n) is 12.0. The van der Waals surface area contributed by atoms with Gasteiger partial charge in [-0.25, -0.2) is 0 Å². The Labute approximate surface area is 127 Å². The topological polar surface area (TPSA) is 38.3 Å². The third-order valence-electron chi connectivity index (χ3n) is 3.99. The third kappa shape index (κ3) is 3.25. The van der Waals surface area contributed by atoms with Crippen molar-refractivity contribution in [1.82, 2.24) is 5.32 Å². The Morgan fingerprint density at radius 3 is 2.68 bits per heavy atom. The van der Waals surface area contributed by atoms with Gasteiger partial charge in [0.05, 0.1) is 0 Å². The maximum absolute atomic E-state index is 12.5. The highest BCUT2D eigenvalue weighted by Crippen LogP contribution is 2.25. The van der Waals surface area contributed by atoms with Crippen LogP contribution in [0.2, 0.25) is 0 Å². The third-order valence-corrected chi connectivity index (χ3v) is 3.99. The summed E-state index contributed by atoms with van der Waals surface area (Å²) in [6.07, 6.45) is 1.92. The summed E-state index contributed by atoms with van der Waals surface area (Å²) in [5.41, 5.74) is 0.670. The van der Waals surface area contributed by atoms with E-state index in [2.05, 4.69) is 10.1 Å². The smallest absolute Gasteiger partial charge is 0.387 e. The van der Waals surface area contributed by atoms with Crippen LogP contribution in [0.5, 0.6) is 5.75 Å². The van der Waals surface area contributed by atoms with Crippen LogP contribution >= 0.6 is 0 Å². The number of fused-ring (bicyclic) bond motifs is 1. The number of carbonyl (C=O) groups is 1. The van der Waals surface area contributed by atoms with Gasteiger partial charge in [-0.15, -0.1) is 0 Å². The average Bonchev–Trinajstić information content (AvgIpc) is 2.54. The molecular weight excluding hydrogens is 288 g/mol. The predicted molar refractivity (Wildman–Crippen MR) is 80.5 cm³/mol. The molecule has 2 aromatic rings. The Bertz CT molecular complexity index is 681. The fourth-order valence-corrected chi connectivity index (χ4v) is 2.86. The molecule has 1 N–H and O–H groups in total. The number of carbonyl (C=O) groups excluding carboxylic acids is 1. The molecule has 3 nitrogen and oxygen atoms in total. The molecule has 1 aliphatic heterocycles. The SMILES string of the molecule is O=C(c1ccc2cc(OC(F)F)ccc2c1)[C@@H]1CCCNC1. The second kappa shape index (κ2) is 6.40. The highest BCUT2D eigenvalue weighted by Gasteiger charge is 2.22. The first kappa shape index (κ1) is 14.9. The minimum Gasteiger partial charge on any atom is -0.435 e. The van der Waals surface area contributed by atoms with Crippen LogP contribution in [0.25, 0.3) is 10.8 Å². The first-order valence-electron chi connectivity index (χ1n) is 7.37. The summed E-state index contributed by atoms with van der Waals surface area (Å²) in [5, 5.41) is 4.86. The number of piperidine rings is 1. The van der Waals surface area contributed by atoms with E-state index in [9.17, 15) is 13.6 Å². The molecule has 0 aliphatic carbocycles. The van der Waals surface area contributed by atoms with Gasteiger partial charge >= 0.3 is 6.61 Å². The maximum Gasteiger partial charge on any atom is 0.387 e. The number of hydrogen-bond acceptors (Lipinski definition) is 3. The molecular formula is C17H17F2NO2. The van der Waals surface area contributed by atoms with Gasteiger partial charge in [0.2, 0.25) is 0 Å². The number of rotatable bonds is 4. The van der Waals surface area contributed by atoms with Crippen molar-refractivity contribution in [3.05, 3.63) is 42.0 Å². The molecule has 22 heavy (non-hydrogen) atoms. The fraction of sp³-hybridized carbons (Fsp3) is 0.353. The van der Waals surface area contributed by atoms with Gasteiger partial charge in [0.15, 0.2) is 5.78 Å². The largest absolute Gasteiger partial charge is 0.435 e. The highest BCUT2D eigenvalue weighted by molar-refractivity contribution is 6.01. The average molecular weight is 305 g/mol. The summed E-state index contributed by atoms with van der Waals surface area (Å²) >= 11 is 0. The first-order chi connectivity index (χ1) is 10.6. The van der Waals surface area contributed by atoms with E-state index >= 15 is 0 Å². The standard InChI is InChI=1S/C17H17F2NO2/c18-17(19)22-15-6-5-11-8-13(4-3-12(11)9-15)16(21)14-2-1-7-20-10-14/h3-6,8-9,14,17,20H,1-2,7,10H2/t14-/m1/s1. The monoisotopic (exact) mass is 305 g/mol. The number of alkyl halides is 2. The zero-order chi connectivity index (χ0) is 15.5. The van der Waals surface area contributed by atoms with Gasteiger partial charge < -0.3 is 10.1 Å². The molecule has 1 saturated heterocycles. The molecule has 2 aromatic carbocycles. The summed E-state index contributed by atoms with van der Waals surface area (Å²) in [6.45, 7) is -1.15. The van der Waals surface area contributed by atoms with Gasteiger partial charge in [0, 0.05) is 18.0 Å². The van der Waals surface area contributed by atoms with E-state index in [1.54, 1.807) is 24.3 Å². The number of Topliss-reactive ketones (excluding diaryl/α,β-unsaturated/α-hetero) is 1. The van der Waals surface area contributed by atoms with Gasteiger partial charge in [0.1, 0.15) is 5.75 Å². The molecule has 0 aromatic heterocycles. The van der Waals surface area contributed by atoms with Crippen LogP contribution in [0.3, 0.4) is 0 Å². The molecule has 0 saturated carbocycles. The normalized spacial score (nSPS) is 18.6. The van der Waals surface area contributed by atoms with Crippen LogP contribution in [0.15, 0.2) is 36.4 Å². The van der Waals surface area contributed by atoms with Crippen molar-refractivity contribution < 1.29 is 18.3 Å². The first-order valence-corrected chi connectivity index (χ1v) is 7.37. The summed E-state index contributed by atoms with van der Waals surface area (Å²) in [4.78, 5) is 12.5. The van der Waals surface area contributed by atoms with Gasteiger partial charge in [-0.1, -0.05) is 18.2 Å². The van der Waals surface area contributed by atoms with Gasteiger partial charge in [-0.2, -0.15) is 8.78 Å². The van der Waals surface area contributed by atoms with Crippen LogP contribution in [-0.4, -0.2) is 25.5 Å². The van der Waals surface area contributed by atoms with E-state index in [0.29, 0.717) is 5.56 Å². The zero-order valence-corrected chi connectivity index (χ0v) is 12.0. The van der Waals surface area contributed by atoms with Crippen molar-refractivity contribution in [2.45, 2.75) is 19.5 Å². The molecule has 116 valence electrons. The maximum atomic E-state index is 12.5. The lowest BCUT2D eigenvalue weighted by Gasteiger charge is -2.21. The van der Waals surface area contributed by atoms with E-state index in [1.165, 1.54) is 6.07 Å². The molecule has 0 bridgehead atoms. The fourth-order valence-electron chi connectivity index (χ4n) is 2.86. The van der Waals surface area contributed by atoms with E-state index in [-0.39, 0.29) is 17.5 Å². The number of benzene rings is 2. The Kier molecular flexibility index (Phi) is 4.34. The Morgan fingerprint density at radius 2 is 1.95 bits per heavy atom. The minimum atomic E-state index is -2.84. The highest BCUT2D eigenvalue weighted by atomic mass is 19.3. The van der Waals surface area contributed by atoms with Crippen LogP contribution in [-0.2, 0) is 0 Å². The molecule has 1 atom stereocenters. The van der Waals surface area contributed by atoms with Crippen molar-refractivity contribution >= 4 is 16.6 Å². The predicted octanol–water partition coefficient (Wildman–Crippen LogP) is 3.62. The summed E-state index contributed by atoms with van der Waals surface area (Å²) in [6, 6.07) is 10.1. The Morgan fingerprint density at radius 1 is 1.18 bits per heavy atom. The number of ether oxygens (including phenoxy) is 1. The second-order valence-corrected chi connectivity index (χ2v) is 5.51. The van der Waals surface area contributed by atoms with E-state index in [0.717, 1.165) is 36.7 Å². The van der Waals surface area contributed by atoms with Crippen LogP contribution in [0, 0.1) is 5.92 Å². The van der Waals surface area contributed by atoms with Gasteiger partial charge in [0.25, 0.3) is 0 Å². The quantitative estimate of drug-likeness (QED) is 0.877. The molecule has 1 aliphatic rings. The second-order valence-electron chi connectivity index (χ2n) is 5.51. The van der Waals surface area contributed by atoms with Crippen molar-refractivity contribution in [1.29, 1.82) is 0 Å². The molecule has 0 unspecified atom stereocenters. The molecule has 0 radical (unpaired) electrons. The molecule has 0 amide bonds. The number of ketones is 1. The lowest BCUT2D eigenvalue weighted by atomic mass is 9.90.